The summed E-state index contributed by atoms with van der Waals surface area (Å²) in [5.41, 5.74) is 0.800. The molecule has 0 amide bonds. The van der Waals surface area contributed by atoms with Gasteiger partial charge in [0.25, 0.3) is 0 Å². The molecule has 1 unspecified atom stereocenters. The summed E-state index contributed by atoms with van der Waals surface area (Å²) in [5, 5.41) is 4.10. The second-order valence-electron chi connectivity index (χ2n) is 5.60. The average Bonchev–Trinajstić information content (AvgIpc) is 2.32. The van der Waals surface area contributed by atoms with Gasteiger partial charge in [-0.1, -0.05) is 18.5 Å². The van der Waals surface area contributed by atoms with E-state index in [-0.39, 0.29) is 17.4 Å². The van der Waals surface area contributed by atoms with Crippen LogP contribution >= 0.6 is 11.6 Å². The van der Waals surface area contributed by atoms with E-state index in [1.54, 1.807) is 6.07 Å². The number of benzene rings is 1. The first kappa shape index (κ1) is 16.4. The van der Waals surface area contributed by atoms with Crippen molar-refractivity contribution in [2.75, 3.05) is 20.6 Å². The van der Waals surface area contributed by atoms with E-state index in [9.17, 15) is 4.39 Å². The maximum Gasteiger partial charge on any atom is 0.123 e. The second kappa shape index (κ2) is 6.69. The summed E-state index contributed by atoms with van der Waals surface area (Å²) in [5.74, 6) is -0.239. The smallest absolute Gasteiger partial charge is 0.123 e. The zero-order valence-electron chi connectivity index (χ0n) is 12.4. The van der Waals surface area contributed by atoms with Crippen molar-refractivity contribution < 1.29 is 4.39 Å². The first-order chi connectivity index (χ1) is 8.78. The third-order valence-electron chi connectivity index (χ3n) is 3.89. The van der Waals surface area contributed by atoms with E-state index >= 15 is 0 Å². The van der Waals surface area contributed by atoms with Gasteiger partial charge < -0.3 is 10.2 Å². The van der Waals surface area contributed by atoms with Gasteiger partial charge >= 0.3 is 0 Å². The third kappa shape index (κ3) is 4.16. The molecule has 0 aliphatic rings. The van der Waals surface area contributed by atoms with Gasteiger partial charge in [-0.05, 0) is 64.7 Å². The van der Waals surface area contributed by atoms with Gasteiger partial charge in [-0.3, -0.25) is 0 Å². The highest BCUT2D eigenvalue weighted by Gasteiger charge is 2.31. The Morgan fingerprint density at radius 1 is 1.37 bits per heavy atom. The summed E-state index contributed by atoms with van der Waals surface area (Å²) < 4.78 is 13.3. The summed E-state index contributed by atoms with van der Waals surface area (Å²) in [6, 6.07) is 4.74. The molecule has 4 heteroatoms. The minimum Gasteiger partial charge on any atom is -0.312 e. The van der Waals surface area contributed by atoms with Crippen LogP contribution in [0.4, 0.5) is 4.39 Å². The molecule has 0 spiro atoms. The van der Waals surface area contributed by atoms with Crippen molar-refractivity contribution in [2.24, 2.45) is 0 Å². The Bertz CT molecular complexity index is 419. The quantitative estimate of drug-likeness (QED) is 0.863. The highest BCUT2D eigenvalue weighted by atomic mass is 35.5. The largest absolute Gasteiger partial charge is 0.312 e. The zero-order chi connectivity index (χ0) is 14.6. The molecule has 0 aromatic heterocycles. The standard InChI is InChI=1S/C15H24ClFN2/c1-6-18-14(15(2,3)19(4)5)10-11-9-12(17)7-8-13(11)16/h7-9,14,18H,6,10H2,1-5H3. The third-order valence-corrected chi connectivity index (χ3v) is 4.26. The van der Waals surface area contributed by atoms with E-state index in [1.165, 1.54) is 12.1 Å². The highest BCUT2D eigenvalue weighted by molar-refractivity contribution is 6.31. The Morgan fingerprint density at radius 3 is 2.53 bits per heavy atom. The molecule has 1 aromatic rings. The molecule has 1 atom stereocenters. The van der Waals surface area contributed by atoms with Crippen LogP contribution < -0.4 is 5.32 Å². The van der Waals surface area contributed by atoms with Crippen molar-refractivity contribution >= 4 is 11.6 Å². The molecule has 2 nitrogen and oxygen atoms in total. The zero-order valence-corrected chi connectivity index (χ0v) is 13.2. The maximum absolute atomic E-state index is 13.3. The maximum atomic E-state index is 13.3. The number of halogens is 2. The Labute approximate surface area is 120 Å². The minimum absolute atomic E-state index is 0.0499. The molecule has 0 saturated heterocycles. The van der Waals surface area contributed by atoms with Crippen molar-refractivity contribution in [3.05, 3.63) is 34.6 Å². The van der Waals surface area contributed by atoms with E-state index in [0.717, 1.165) is 12.1 Å². The molecule has 1 N–H and O–H groups in total. The molecule has 1 rings (SSSR count). The average molecular weight is 287 g/mol. The van der Waals surface area contributed by atoms with Crippen molar-refractivity contribution in [1.82, 2.24) is 10.2 Å². The van der Waals surface area contributed by atoms with Crippen LogP contribution in [0.25, 0.3) is 0 Å². The van der Waals surface area contributed by atoms with Crippen molar-refractivity contribution in [3.63, 3.8) is 0 Å². The topological polar surface area (TPSA) is 15.3 Å². The second-order valence-corrected chi connectivity index (χ2v) is 6.01. The number of hydrogen-bond donors (Lipinski definition) is 1. The van der Waals surface area contributed by atoms with E-state index < -0.39 is 0 Å². The summed E-state index contributed by atoms with van der Waals surface area (Å²) in [6.07, 6.45) is 0.704. The summed E-state index contributed by atoms with van der Waals surface area (Å²) in [6.45, 7) is 7.29. The fourth-order valence-corrected chi connectivity index (χ4v) is 2.24. The Morgan fingerprint density at radius 2 is 2.00 bits per heavy atom. The number of hydrogen-bond acceptors (Lipinski definition) is 2. The van der Waals surface area contributed by atoms with Crippen LogP contribution in [0.1, 0.15) is 26.3 Å². The molecule has 1 aromatic carbocycles. The fourth-order valence-electron chi connectivity index (χ4n) is 2.05. The summed E-state index contributed by atoms with van der Waals surface area (Å²) in [7, 11) is 4.11. The van der Waals surface area contributed by atoms with Crippen LogP contribution in [0.5, 0.6) is 0 Å². The first-order valence-corrected chi connectivity index (χ1v) is 7.01. The first-order valence-electron chi connectivity index (χ1n) is 6.63. The van der Waals surface area contributed by atoms with Gasteiger partial charge in [0.1, 0.15) is 5.82 Å². The lowest BCUT2D eigenvalue weighted by atomic mass is 9.88. The number of nitrogens with one attached hydrogen (secondary N) is 1. The lowest BCUT2D eigenvalue weighted by Crippen LogP contribution is -2.56. The summed E-state index contributed by atoms with van der Waals surface area (Å²) in [4.78, 5) is 2.17. The van der Waals surface area contributed by atoms with Crippen LogP contribution in [-0.2, 0) is 6.42 Å². The van der Waals surface area contributed by atoms with E-state index in [2.05, 4.69) is 45.1 Å². The van der Waals surface area contributed by atoms with Gasteiger partial charge in [-0.2, -0.15) is 0 Å². The lowest BCUT2D eigenvalue weighted by molar-refractivity contribution is 0.138. The molecule has 0 aliphatic heterocycles. The van der Waals surface area contributed by atoms with Crippen LogP contribution in [0.3, 0.4) is 0 Å². The molecule has 0 fully saturated rings. The number of likely N-dealkylation sites (N-methyl/N-ethyl adjacent to an activating group) is 2. The van der Waals surface area contributed by atoms with Crippen molar-refractivity contribution in [1.29, 1.82) is 0 Å². The van der Waals surface area contributed by atoms with Gasteiger partial charge in [0.2, 0.25) is 0 Å². The van der Waals surface area contributed by atoms with E-state index in [1.807, 2.05) is 0 Å². The van der Waals surface area contributed by atoms with Crippen molar-refractivity contribution in [3.8, 4) is 0 Å². The van der Waals surface area contributed by atoms with Crippen molar-refractivity contribution in [2.45, 2.75) is 38.8 Å². The molecule has 0 bridgehead atoms. The molecular formula is C15H24ClFN2. The minimum atomic E-state index is -0.239. The summed E-state index contributed by atoms with van der Waals surface area (Å²) >= 11 is 6.16. The van der Waals surface area contributed by atoms with Crippen LogP contribution in [-0.4, -0.2) is 37.1 Å². The molecule has 0 radical (unpaired) electrons. The monoisotopic (exact) mass is 286 g/mol. The fraction of sp³-hybridized carbons (Fsp3) is 0.600. The van der Waals surface area contributed by atoms with Crippen LogP contribution in [0.15, 0.2) is 18.2 Å². The SMILES string of the molecule is CCNC(Cc1cc(F)ccc1Cl)C(C)(C)N(C)C. The van der Waals surface area contributed by atoms with Gasteiger partial charge in [0.05, 0.1) is 0 Å². The van der Waals surface area contributed by atoms with Gasteiger partial charge in [0.15, 0.2) is 0 Å². The van der Waals surface area contributed by atoms with Gasteiger partial charge in [-0.25, -0.2) is 4.39 Å². The van der Waals surface area contributed by atoms with Crippen LogP contribution in [0.2, 0.25) is 5.02 Å². The number of rotatable bonds is 6. The molecule has 0 aliphatic carbocycles. The Hall–Kier alpha value is -0.640. The molecule has 0 saturated carbocycles. The molecule has 19 heavy (non-hydrogen) atoms. The molecular weight excluding hydrogens is 263 g/mol. The normalized spacial score (nSPS) is 13.9. The predicted molar refractivity (Wildman–Crippen MR) is 80.3 cm³/mol. The Kier molecular flexibility index (Phi) is 5.78. The van der Waals surface area contributed by atoms with E-state index in [4.69, 9.17) is 11.6 Å². The predicted octanol–water partition coefficient (Wildman–Crippen LogP) is 3.34. The number of nitrogens with zero attached hydrogens (tertiary/aromatic N) is 1. The molecule has 0 heterocycles. The Balaban J connectivity index is 2.99. The van der Waals surface area contributed by atoms with Gasteiger partial charge in [0, 0.05) is 16.6 Å². The van der Waals surface area contributed by atoms with Crippen LogP contribution in [0, 0.1) is 5.82 Å². The van der Waals surface area contributed by atoms with E-state index in [0.29, 0.717) is 11.4 Å². The van der Waals surface area contributed by atoms with Gasteiger partial charge in [-0.15, -0.1) is 0 Å². The highest BCUT2D eigenvalue weighted by Crippen LogP contribution is 2.24. The molecule has 108 valence electrons. The lowest BCUT2D eigenvalue weighted by Gasteiger charge is -2.41.